The fourth-order valence-electron chi connectivity index (χ4n) is 20.8. The van der Waals surface area contributed by atoms with E-state index in [2.05, 4.69) is 190 Å². The van der Waals surface area contributed by atoms with Gasteiger partial charge in [-0.1, -0.05) is 533 Å². The average Bonchev–Trinajstić information content (AvgIpc) is 1.41. The van der Waals surface area contributed by atoms with Gasteiger partial charge in [0.1, 0.15) is 0 Å². The molecule has 3 aromatic heterocycles. The van der Waals surface area contributed by atoms with Gasteiger partial charge in [0.05, 0.1) is 77.2 Å². The Balaban J connectivity index is 1.69. The number of nitrogens with one attached hydrogen (secondary N) is 2. The van der Waals surface area contributed by atoms with Crippen molar-refractivity contribution in [3.63, 3.8) is 0 Å². The van der Waals surface area contributed by atoms with E-state index in [1.807, 2.05) is 0 Å². The predicted molar refractivity (Wildman–Crippen MR) is 535 cm³/mol. The lowest BCUT2D eigenvalue weighted by Crippen LogP contribution is -2.53. The standard InChI is InChI=1S/C108H174N4Si4/c1-15-29-41-53-73-113(74-54-42-30-16-2,75-55-43-31-17-3)93-85-91(86-94(89-93)114(76-56-44-32-18-4,77-57-45-33-19-5)78-58-46-34-20-6)107-103-69-65-99(109-103)97(27-13)101-67-71-105(111-101)108(106-72-68-102(112-106)98(28-14)100-66-70-104(107)110-100)92-87-95(115(79-59-47-35-21-7,80-60-48-36-22-8)81-61-49-37-23-9)90-96(88-92)116(82-62-50-38-24-10,83-63-51-39-25-11)84-64-52-40-26-12/h13-14,65-72,85-90,109,111H,15-26,29-64,73-84H2,1-12H3. The van der Waals surface area contributed by atoms with Gasteiger partial charge in [0.25, 0.3) is 0 Å². The summed E-state index contributed by atoms with van der Waals surface area (Å²) in [5.41, 5.74) is 14.4. The van der Waals surface area contributed by atoms with Crippen molar-refractivity contribution in [3.05, 3.63) is 94.6 Å². The lowest BCUT2D eigenvalue weighted by Gasteiger charge is -2.38. The van der Waals surface area contributed by atoms with Crippen LogP contribution >= 0.6 is 0 Å². The molecule has 2 aromatic carbocycles. The van der Waals surface area contributed by atoms with Crippen molar-refractivity contribution in [1.82, 2.24) is 19.9 Å². The number of fused-ring (bicyclic) bond motifs is 8. The molecule has 8 heteroatoms. The van der Waals surface area contributed by atoms with Crippen LogP contribution in [0.15, 0.2) is 60.7 Å². The number of nitrogens with zero attached hydrogens (tertiary/aromatic N) is 2. The monoisotopic (exact) mass is 1640 g/mol. The average molecular weight is 1640 g/mol. The van der Waals surface area contributed by atoms with E-state index in [9.17, 15) is 0 Å². The Morgan fingerprint density at radius 3 is 0.612 bits per heavy atom. The largest absolute Gasteiger partial charge is 0.354 e. The summed E-state index contributed by atoms with van der Waals surface area (Å²) in [6.07, 6.45) is 86.7. The minimum Gasteiger partial charge on any atom is -0.354 e. The molecule has 5 heterocycles. The topological polar surface area (TPSA) is 57.4 Å². The van der Waals surface area contributed by atoms with Gasteiger partial charge in [-0.25, -0.2) is 9.97 Å². The zero-order chi connectivity index (χ0) is 83.0. The second-order valence-electron chi connectivity index (χ2n) is 37.2. The summed E-state index contributed by atoms with van der Waals surface area (Å²) in [6.45, 7) is 28.9. The number of terminal acetylenes is 2. The molecule has 0 aliphatic carbocycles. The molecule has 0 amide bonds. The van der Waals surface area contributed by atoms with Crippen LogP contribution in [0.4, 0.5) is 0 Å². The number of aromatic nitrogens is 4. The van der Waals surface area contributed by atoms with Crippen LogP contribution in [0.2, 0.25) is 72.5 Å². The molecule has 2 aliphatic heterocycles. The maximum atomic E-state index is 7.09. The van der Waals surface area contributed by atoms with Crippen LogP contribution in [0.25, 0.3) is 68.6 Å². The minimum absolute atomic E-state index is 0.769. The first-order chi connectivity index (χ1) is 56.9. The Bertz CT molecular complexity index is 3420. The first-order valence-corrected chi connectivity index (χ1v) is 60.8. The Morgan fingerprint density at radius 1 is 0.233 bits per heavy atom. The molecule has 2 N–H and O–H groups in total. The van der Waals surface area contributed by atoms with E-state index in [4.69, 9.17) is 22.8 Å². The summed E-state index contributed by atoms with van der Waals surface area (Å²) in [6, 6.07) is 43.4. The number of rotatable bonds is 66. The third-order valence-corrected chi connectivity index (χ3v) is 49.8. The summed E-state index contributed by atoms with van der Waals surface area (Å²) in [4.78, 5) is 20.3. The summed E-state index contributed by atoms with van der Waals surface area (Å²) in [5, 5.41) is 7.06. The van der Waals surface area contributed by atoms with Gasteiger partial charge in [-0.3, -0.25) is 0 Å². The number of benzene rings is 2. The van der Waals surface area contributed by atoms with Crippen molar-refractivity contribution in [2.75, 3.05) is 0 Å². The smallest absolute Gasteiger partial charge is 0.0867 e. The zero-order valence-corrected chi connectivity index (χ0v) is 81.6. The molecule has 7 rings (SSSR count). The Hall–Kier alpha value is -4.97. The molecule has 0 spiro atoms. The van der Waals surface area contributed by atoms with Crippen molar-refractivity contribution < 1.29 is 0 Å². The van der Waals surface area contributed by atoms with Gasteiger partial charge in [-0.2, -0.15) is 0 Å². The predicted octanol–water partition coefficient (Wildman–Crippen LogP) is 33.5. The van der Waals surface area contributed by atoms with E-state index >= 15 is 0 Å². The molecule has 0 saturated heterocycles. The van der Waals surface area contributed by atoms with Gasteiger partial charge in [0, 0.05) is 22.2 Å². The first-order valence-electron chi connectivity index (χ1n) is 50.3. The third kappa shape index (κ3) is 29.7. The van der Waals surface area contributed by atoms with Gasteiger partial charge >= 0.3 is 0 Å². The Kier molecular flexibility index (Phi) is 47.3. The van der Waals surface area contributed by atoms with E-state index in [-0.39, 0.29) is 0 Å². The van der Waals surface area contributed by atoms with Crippen molar-refractivity contribution in [1.29, 1.82) is 0 Å². The molecule has 116 heavy (non-hydrogen) atoms. The van der Waals surface area contributed by atoms with Gasteiger partial charge in [-0.15, -0.1) is 12.8 Å². The van der Waals surface area contributed by atoms with Crippen molar-refractivity contribution in [2.24, 2.45) is 0 Å². The number of H-pyrrole nitrogens is 2. The number of hydrogen-bond acceptors (Lipinski definition) is 2. The molecule has 0 atom stereocenters. The molecule has 2 aliphatic rings. The minimum atomic E-state index is -2.15. The molecule has 0 radical (unpaired) electrons. The maximum Gasteiger partial charge on any atom is 0.0867 e. The fourth-order valence-corrected chi connectivity index (χ4v) is 42.4. The molecule has 8 bridgehead atoms. The van der Waals surface area contributed by atoms with Crippen molar-refractivity contribution in [2.45, 2.75) is 464 Å². The number of hydrogen-bond donors (Lipinski definition) is 2. The molecule has 642 valence electrons. The van der Waals surface area contributed by atoms with Crippen molar-refractivity contribution in [3.8, 4) is 46.9 Å². The number of unbranched alkanes of at least 4 members (excludes halogenated alkanes) is 36. The molecular weight excluding hydrogens is 1470 g/mol. The highest BCUT2D eigenvalue weighted by Gasteiger charge is 2.42. The van der Waals surface area contributed by atoms with E-state index in [1.54, 1.807) is 20.7 Å². The molecule has 0 fully saturated rings. The lowest BCUT2D eigenvalue weighted by molar-refractivity contribution is 0.667. The van der Waals surface area contributed by atoms with Crippen LogP contribution in [0, 0.1) is 24.7 Å². The highest BCUT2D eigenvalue weighted by atomic mass is 28.3. The molecule has 0 unspecified atom stereocenters. The molecular formula is C108H174N4Si4. The van der Waals surface area contributed by atoms with Crippen LogP contribution in [0.3, 0.4) is 0 Å². The van der Waals surface area contributed by atoms with E-state index in [1.165, 1.54) is 403 Å². The van der Waals surface area contributed by atoms with Crippen LogP contribution in [0.5, 0.6) is 0 Å². The summed E-state index contributed by atoms with van der Waals surface area (Å²) >= 11 is 0. The molecule has 0 saturated carbocycles. The number of aromatic amines is 2. The summed E-state index contributed by atoms with van der Waals surface area (Å²) in [5.74, 6) is 6.71. The second kappa shape index (κ2) is 55.9. The van der Waals surface area contributed by atoms with E-state index < -0.39 is 32.3 Å². The van der Waals surface area contributed by atoms with Crippen LogP contribution in [-0.2, 0) is 0 Å². The maximum absolute atomic E-state index is 7.09. The highest BCUT2D eigenvalue weighted by Crippen LogP contribution is 2.42. The fraction of sp³-hybridized carbons (Fsp3) is 0.667. The quantitative estimate of drug-likeness (QED) is 0.0227. The van der Waals surface area contributed by atoms with E-state index in [0.29, 0.717) is 0 Å². The van der Waals surface area contributed by atoms with Gasteiger partial charge in [0.15, 0.2) is 0 Å². The first kappa shape index (κ1) is 98.1. The van der Waals surface area contributed by atoms with Crippen LogP contribution < -0.4 is 20.7 Å². The van der Waals surface area contributed by atoms with E-state index in [0.717, 1.165) is 56.0 Å². The second-order valence-corrected chi connectivity index (χ2v) is 55.8. The van der Waals surface area contributed by atoms with Crippen LogP contribution in [-0.4, -0.2) is 52.2 Å². The normalized spacial score (nSPS) is 12.6. The van der Waals surface area contributed by atoms with Crippen molar-refractivity contribution >= 4 is 99.4 Å². The Morgan fingerprint density at radius 2 is 0.422 bits per heavy atom. The van der Waals surface area contributed by atoms with Gasteiger partial charge in [0.2, 0.25) is 0 Å². The summed E-state index contributed by atoms with van der Waals surface area (Å²) in [7, 11) is -8.62. The Labute approximate surface area is 719 Å². The molecule has 5 aromatic rings. The zero-order valence-electron chi connectivity index (χ0n) is 77.6. The SMILES string of the molecule is C#Cc1c2nc(c(-c3cc([Si](CCCCCC)(CCCCCC)CCCCCC)cc([Si](CCCCCC)(CCCCCC)CCCCCC)c3)c3ccc([nH]3)c(C#C)c3ccc([nH]3)c(-c3cc([Si](CCCCCC)(CCCCCC)CCCCCC)cc([Si](CCCCCC)(CCCCCC)CCCCCC)c3)c3nc1C=C3)C=C2. The third-order valence-electron chi connectivity index (χ3n) is 28.0. The van der Waals surface area contributed by atoms with Gasteiger partial charge in [-0.05, 0) is 59.7 Å². The highest BCUT2D eigenvalue weighted by molar-refractivity contribution is 6.96. The summed E-state index contributed by atoms with van der Waals surface area (Å²) < 4.78 is 0. The lowest BCUT2D eigenvalue weighted by atomic mass is 10.0. The molecule has 4 nitrogen and oxygen atoms in total. The van der Waals surface area contributed by atoms with Crippen LogP contribution in [0.1, 0.15) is 425 Å². The van der Waals surface area contributed by atoms with Gasteiger partial charge < -0.3 is 9.97 Å².